The molecule has 0 saturated carbocycles. The van der Waals surface area contributed by atoms with Gasteiger partial charge in [-0.1, -0.05) is 24.2 Å². The first-order valence-electron chi connectivity index (χ1n) is 9.45. The molecule has 3 aromatic rings. The zero-order chi connectivity index (χ0) is 18.6. The van der Waals surface area contributed by atoms with Crippen LogP contribution in [0.5, 0.6) is 0 Å². The Labute approximate surface area is 158 Å². The molecule has 27 heavy (non-hydrogen) atoms. The molecule has 0 N–H and O–H groups in total. The molecule has 8 heteroatoms. The van der Waals surface area contributed by atoms with Gasteiger partial charge in [-0.3, -0.25) is 9.88 Å². The maximum absolute atomic E-state index is 5.52. The maximum atomic E-state index is 5.52. The van der Waals surface area contributed by atoms with Gasteiger partial charge < -0.3 is 9.05 Å². The molecule has 4 heterocycles. The van der Waals surface area contributed by atoms with Crippen LogP contribution in [-0.4, -0.2) is 43.3 Å². The molecule has 8 nitrogen and oxygen atoms in total. The Bertz CT molecular complexity index is 860. The van der Waals surface area contributed by atoms with Crippen LogP contribution in [0.25, 0.3) is 11.4 Å². The zero-order valence-corrected chi connectivity index (χ0v) is 15.7. The predicted octanol–water partition coefficient (Wildman–Crippen LogP) is 3.09. The molecule has 4 rings (SSSR count). The van der Waals surface area contributed by atoms with E-state index in [9.17, 15) is 0 Å². The maximum Gasteiger partial charge on any atom is 0.241 e. The van der Waals surface area contributed by atoms with Crippen molar-refractivity contribution in [1.29, 1.82) is 0 Å². The fourth-order valence-electron chi connectivity index (χ4n) is 3.41. The van der Waals surface area contributed by atoms with Gasteiger partial charge in [-0.05, 0) is 37.4 Å². The standard InChI is InChI=1S/C19H24N6O2/c1-13(2)10-16-21-19(27-23-16)15-4-3-9-25(11-15)12-17-22-18(24-26-17)14-5-7-20-8-6-14/h5-8,13,15H,3-4,9-12H2,1-2H3. The molecule has 1 atom stereocenters. The Morgan fingerprint density at radius 3 is 2.81 bits per heavy atom. The molecule has 0 bridgehead atoms. The molecule has 1 unspecified atom stereocenters. The van der Waals surface area contributed by atoms with Crippen LogP contribution in [0, 0.1) is 5.92 Å². The summed E-state index contributed by atoms with van der Waals surface area (Å²) in [7, 11) is 0. The van der Waals surface area contributed by atoms with Crippen molar-refractivity contribution in [3.05, 3.63) is 42.1 Å². The van der Waals surface area contributed by atoms with Gasteiger partial charge in [-0.15, -0.1) is 0 Å². The van der Waals surface area contributed by atoms with Crippen LogP contribution in [0.1, 0.15) is 50.2 Å². The number of nitrogens with zero attached hydrogens (tertiary/aromatic N) is 6. The Kier molecular flexibility index (Phi) is 5.24. The van der Waals surface area contributed by atoms with Gasteiger partial charge in [-0.2, -0.15) is 9.97 Å². The van der Waals surface area contributed by atoms with Crippen molar-refractivity contribution in [1.82, 2.24) is 30.2 Å². The van der Waals surface area contributed by atoms with Crippen molar-refractivity contribution in [3.63, 3.8) is 0 Å². The first kappa shape index (κ1) is 17.8. The minimum absolute atomic E-state index is 0.259. The first-order valence-corrected chi connectivity index (χ1v) is 9.45. The predicted molar refractivity (Wildman–Crippen MR) is 97.6 cm³/mol. The van der Waals surface area contributed by atoms with Crippen LogP contribution in [0.3, 0.4) is 0 Å². The molecular formula is C19H24N6O2. The summed E-state index contributed by atoms with van der Waals surface area (Å²) in [5, 5.41) is 8.21. The molecule has 0 aromatic carbocycles. The van der Waals surface area contributed by atoms with E-state index in [0.29, 0.717) is 24.2 Å². The number of aromatic nitrogens is 5. The highest BCUT2D eigenvalue weighted by atomic mass is 16.5. The van der Waals surface area contributed by atoms with Crippen LogP contribution in [0.4, 0.5) is 0 Å². The van der Waals surface area contributed by atoms with Crippen LogP contribution in [0.2, 0.25) is 0 Å². The van der Waals surface area contributed by atoms with Gasteiger partial charge in [0.2, 0.25) is 17.6 Å². The number of hydrogen-bond donors (Lipinski definition) is 0. The summed E-state index contributed by atoms with van der Waals surface area (Å²) in [5.74, 6) is 3.54. The van der Waals surface area contributed by atoms with Crippen LogP contribution in [-0.2, 0) is 13.0 Å². The average molecular weight is 368 g/mol. The molecule has 1 aliphatic heterocycles. The minimum Gasteiger partial charge on any atom is -0.339 e. The van der Waals surface area contributed by atoms with E-state index >= 15 is 0 Å². The fourth-order valence-corrected chi connectivity index (χ4v) is 3.41. The number of hydrogen-bond acceptors (Lipinski definition) is 8. The molecule has 1 saturated heterocycles. The molecule has 0 spiro atoms. The molecule has 0 radical (unpaired) electrons. The van der Waals surface area contributed by atoms with Crippen molar-refractivity contribution in [2.45, 2.75) is 45.6 Å². The number of piperidine rings is 1. The van der Waals surface area contributed by atoms with E-state index < -0.39 is 0 Å². The summed E-state index contributed by atoms with van der Waals surface area (Å²) in [5.41, 5.74) is 0.903. The summed E-state index contributed by atoms with van der Waals surface area (Å²) >= 11 is 0. The second kappa shape index (κ2) is 7.96. The fraction of sp³-hybridized carbons (Fsp3) is 0.526. The lowest BCUT2D eigenvalue weighted by Gasteiger charge is -2.29. The van der Waals surface area contributed by atoms with Gasteiger partial charge in [0.05, 0.1) is 12.5 Å². The normalized spacial score (nSPS) is 18.3. The third kappa shape index (κ3) is 4.39. The molecule has 142 valence electrons. The summed E-state index contributed by atoms with van der Waals surface area (Å²) in [6.07, 6.45) is 6.43. The summed E-state index contributed by atoms with van der Waals surface area (Å²) in [6, 6.07) is 3.74. The monoisotopic (exact) mass is 368 g/mol. The second-order valence-electron chi connectivity index (χ2n) is 7.47. The quantitative estimate of drug-likeness (QED) is 0.655. The van der Waals surface area contributed by atoms with Gasteiger partial charge in [0.25, 0.3) is 0 Å². The molecular weight excluding hydrogens is 344 g/mol. The third-order valence-electron chi connectivity index (χ3n) is 4.69. The first-order chi connectivity index (χ1) is 13.2. The molecule has 0 amide bonds. The van der Waals surface area contributed by atoms with Crippen LogP contribution >= 0.6 is 0 Å². The van der Waals surface area contributed by atoms with Gasteiger partial charge >= 0.3 is 0 Å². The highest BCUT2D eigenvalue weighted by molar-refractivity contribution is 5.52. The molecule has 1 fully saturated rings. The topological polar surface area (TPSA) is 94.0 Å². The largest absolute Gasteiger partial charge is 0.339 e. The van der Waals surface area contributed by atoms with E-state index in [1.165, 1.54) is 0 Å². The van der Waals surface area contributed by atoms with Crippen molar-refractivity contribution in [3.8, 4) is 11.4 Å². The van der Waals surface area contributed by atoms with E-state index in [1.807, 2.05) is 12.1 Å². The van der Waals surface area contributed by atoms with Gasteiger partial charge in [0.15, 0.2) is 5.82 Å². The molecule has 1 aliphatic rings. The third-order valence-corrected chi connectivity index (χ3v) is 4.69. The van der Waals surface area contributed by atoms with Crippen molar-refractivity contribution in [2.75, 3.05) is 13.1 Å². The Morgan fingerprint density at radius 2 is 2.00 bits per heavy atom. The lowest BCUT2D eigenvalue weighted by Crippen LogP contribution is -2.34. The van der Waals surface area contributed by atoms with E-state index in [-0.39, 0.29) is 5.92 Å². The average Bonchev–Trinajstić information content (AvgIpc) is 3.32. The van der Waals surface area contributed by atoms with Crippen molar-refractivity contribution >= 4 is 0 Å². The number of likely N-dealkylation sites (tertiary alicyclic amines) is 1. The van der Waals surface area contributed by atoms with Gasteiger partial charge in [0, 0.05) is 30.9 Å². The van der Waals surface area contributed by atoms with Crippen molar-refractivity contribution < 1.29 is 9.05 Å². The highest BCUT2D eigenvalue weighted by Crippen LogP contribution is 2.27. The summed E-state index contributed by atoms with van der Waals surface area (Å²) < 4.78 is 11.0. The SMILES string of the molecule is CC(C)Cc1noc(C2CCCN(Cc3nc(-c4ccncc4)no3)C2)n1. The Balaban J connectivity index is 1.39. The Hall–Kier alpha value is -2.61. The van der Waals surface area contributed by atoms with Gasteiger partial charge in [-0.25, -0.2) is 0 Å². The summed E-state index contributed by atoms with van der Waals surface area (Å²) in [4.78, 5) is 15.4. The number of rotatable bonds is 6. The van der Waals surface area contributed by atoms with Crippen LogP contribution < -0.4 is 0 Å². The molecule has 3 aromatic heterocycles. The van der Waals surface area contributed by atoms with E-state index in [0.717, 1.165) is 49.6 Å². The van der Waals surface area contributed by atoms with Gasteiger partial charge in [0.1, 0.15) is 0 Å². The molecule has 0 aliphatic carbocycles. The zero-order valence-electron chi connectivity index (χ0n) is 15.7. The van der Waals surface area contributed by atoms with E-state index in [2.05, 4.69) is 44.0 Å². The highest BCUT2D eigenvalue weighted by Gasteiger charge is 2.27. The lowest BCUT2D eigenvalue weighted by molar-refractivity contribution is 0.162. The van der Waals surface area contributed by atoms with E-state index in [1.54, 1.807) is 12.4 Å². The van der Waals surface area contributed by atoms with Crippen molar-refractivity contribution in [2.24, 2.45) is 5.92 Å². The smallest absolute Gasteiger partial charge is 0.241 e. The van der Waals surface area contributed by atoms with E-state index in [4.69, 9.17) is 9.05 Å². The second-order valence-corrected chi connectivity index (χ2v) is 7.47. The number of pyridine rings is 1. The minimum atomic E-state index is 0.259. The van der Waals surface area contributed by atoms with Crippen LogP contribution in [0.15, 0.2) is 33.6 Å². The summed E-state index contributed by atoms with van der Waals surface area (Å²) in [6.45, 7) is 6.79. The lowest BCUT2D eigenvalue weighted by atomic mass is 9.98. The Morgan fingerprint density at radius 1 is 1.15 bits per heavy atom.